The molecule has 0 rings (SSSR count). The van der Waals surface area contributed by atoms with E-state index in [0.29, 0.717) is 36.8 Å². The number of ether oxygens (including phenoxy) is 2. The third-order valence-electron chi connectivity index (χ3n) is 6.03. The van der Waals surface area contributed by atoms with Gasteiger partial charge in [-0.1, -0.05) is 76.2 Å². The largest absolute Gasteiger partial charge is 0.374 e. The van der Waals surface area contributed by atoms with Crippen molar-refractivity contribution in [2.24, 2.45) is 23.2 Å². The first-order valence-corrected chi connectivity index (χ1v) is 15.6. The van der Waals surface area contributed by atoms with Gasteiger partial charge in [0, 0.05) is 43.6 Å². The standard InChI is InChI=1S/C12H25NO2.C11H25N.C10H20O2/c1-6-7-13(11(4)5)9-15-8-12(14)10(2)3;1-7-8-12(10(2)3)9-11(4,5)6;1-8(2)5-6-12-7-10(11)9(3)4/h10-11H,6-9H2,1-5H3;10H,7-9H2,1-6H3;8-9H,5-7H2,1-4H3. The highest BCUT2D eigenvalue weighted by Crippen LogP contribution is 2.17. The number of carbonyl (C=O) groups excluding carboxylic acids is 2. The van der Waals surface area contributed by atoms with Crippen molar-refractivity contribution in [3.05, 3.63) is 0 Å². The van der Waals surface area contributed by atoms with E-state index in [4.69, 9.17) is 9.47 Å². The van der Waals surface area contributed by atoms with Gasteiger partial charge in [-0.15, -0.1) is 0 Å². The van der Waals surface area contributed by atoms with Crippen LogP contribution in [0.2, 0.25) is 0 Å². The lowest BCUT2D eigenvalue weighted by atomic mass is 9.95. The van der Waals surface area contributed by atoms with Crippen LogP contribution in [0.1, 0.15) is 123 Å². The zero-order chi connectivity index (χ0) is 31.2. The van der Waals surface area contributed by atoms with Gasteiger partial charge in [-0.05, 0) is 64.8 Å². The molecule has 0 unspecified atom stereocenters. The summed E-state index contributed by atoms with van der Waals surface area (Å²) < 4.78 is 10.6. The molecule has 0 aliphatic rings. The molecular weight excluding hydrogens is 488 g/mol. The van der Waals surface area contributed by atoms with E-state index in [9.17, 15) is 9.59 Å². The third kappa shape index (κ3) is 30.0. The Balaban J connectivity index is -0.000000503. The van der Waals surface area contributed by atoms with Gasteiger partial charge in [-0.3, -0.25) is 14.5 Å². The van der Waals surface area contributed by atoms with E-state index in [1.807, 2.05) is 27.7 Å². The molecule has 0 amide bonds. The van der Waals surface area contributed by atoms with E-state index in [1.165, 1.54) is 19.5 Å². The van der Waals surface area contributed by atoms with Crippen molar-refractivity contribution >= 4 is 11.6 Å². The molecule has 6 nitrogen and oxygen atoms in total. The minimum absolute atomic E-state index is 0.0728. The molecule has 6 heteroatoms. The van der Waals surface area contributed by atoms with E-state index >= 15 is 0 Å². The molecule has 0 saturated carbocycles. The highest BCUT2D eigenvalue weighted by Gasteiger charge is 2.17. The van der Waals surface area contributed by atoms with Crippen molar-refractivity contribution in [2.75, 3.05) is 46.2 Å². The summed E-state index contributed by atoms with van der Waals surface area (Å²) in [6, 6.07) is 1.16. The van der Waals surface area contributed by atoms with Crippen molar-refractivity contribution in [2.45, 2.75) is 135 Å². The molecule has 0 radical (unpaired) electrons. The Bertz CT molecular complexity index is 581. The van der Waals surface area contributed by atoms with Crippen LogP contribution in [0.15, 0.2) is 0 Å². The molecule has 0 saturated heterocycles. The van der Waals surface area contributed by atoms with Gasteiger partial charge in [0.1, 0.15) is 13.2 Å². The Kier molecular flexibility index (Phi) is 27.3. The lowest BCUT2D eigenvalue weighted by molar-refractivity contribution is -0.128. The molecule has 0 atom stereocenters. The predicted molar refractivity (Wildman–Crippen MR) is 169 cm³/mol. The van der Waals surface area contributed by atoms with Gasteiger partial charge in [0.2, 0.25) is 0 Å². The zero-order valence-corrected chi connectivity index (χ0v) is 29.0. The Morgan fingerprint density at radius 2 is 1.08 bits per heavy atom. The van der Waals surface area contributed by atoms with Crippen molar-refractivity contribution < 1.29 is 19.1 Å². The summed E-state index contributed by atoms with van der Waals surface area (Å²) in [4.78, 5) is 27.2. The fourth-order valence-electron chi connectivity index (χ4n) is 3.26. The van der Waals surface area contributed by atoms with Crippen molar-refractivity contribution in [1.82, 2.24) is 9.80 Å². The van der Waals surface area contributed by atoms with E-state index in [1.54, 1.807) is 0 Å². The first-order valence-electron chi connectivity index (χ1n) is 15.6. The molecule has 0 aromatic rings. The molecule has 0 bridgehead atoms. The van der Waals surface area contributed by atoms with Gasteiger partial charge in [-0.25, -0.2) is 0 Å². The second-order valence-corrected chi connectivity index (χ2v) is 13.5. The van der Waals surface area contributed by atoms with Gasteiger partial charge in [-0.2, -0.15) is 0 Å². The monoisotopic (exact) mass is 559 g/mol. The highest BCUT2D eigenvalue weighted by molar-refractivity contribution is 5.81. The van der Waals surface area contributed by atoms with Crippen LogP contribution in [0.3, 0.4) is 0 Å². The number of ketones is 2. The number of Topliss-reactive ketones (excluding diaryl/α,β-unsaturated/α-hetero) is 2. The molecule has 0 N–H and O–H groups in total. The molecule has 236 valence electrons. The maximum atomic E-state index is 11.3. The zero-order valence-electron chi connectivity index (χ0n) is 29.0. The van der Waals surface area contributed by atoms with Crippen LogP contribution >= 0.6 is 0 Å². The normalized spacial score (nSPS) is 11.9. The summed E-state index contributed by atoms with van der Waals surface area (Å²) in [5, 5.41) is 0. The molecule has 0 aromatic carbocycles. The summed E-state index contributed by atoms with van der Waals surface area (Å²) in [6.45, 7) is 37.3. The second kappa shape index (κ2) is 24.9. The number of nitrogens with zero attached hydrogens (tertiary/aromatic N) is 2. The minimum atomic E-state index is 0.0728. The van der Waals surface area contributed by atoms with Gasteiger partial charge < -0.3 is 14.4 Å². The summed E-state index contributed by atoms with van der Waals surface area (Å²) in [7, 11) is 0. The van der Waals surface area contributed by atoms with Crippen LogP contribution in [0.5, 0.6) is 0 Å². The van der Waals surface area contributed by atoms with Crippen LogP contribution in [-0.4, -0.2) is 79.6 Å². The van der Waals surface area contributed by atoms with Gasteiger partial charge in [0.25, 0.3) is 0 Å². The van der Waals surface area contributed by atoms with Crippen LogP contribution < -0.4 is 0 Å². The van der Waals surface area contributed by atoms with E-state index in [0.717, 1.165) is 19.4 Å². The van der Waals surface area contributed by atoms with Crippen molar-refractivity contribution in [3.63, 3.8) is 0 Å². The lowest BCUT2D eigenvalue weighted by Gasteiger charge is -2.32. The fourth-order valence-corrected chi connectivity index (χ4v) is 3.26. The van der Waals surface area contributed by atoms with Gasteiger partial charge in [0.05, 0.1) is 6.73 Å². The van der Waals surface area contributed by atoms with Crippen LogP contribution in [0, 0.1) is 23.2 Å². The highest BCUT2D eigenvalue weighted by atomic mass is 16.5. The summed E-state index contributed by atoms with van der Waals surface area (Å²) in [5.41, 5.74) is 0.430. The van der Waals surface area contributed by atoms with Crippen LogP contribution in [0.4, 0.5) is 0 Å². The number of hydrogen-bond donors (Lipinski definition) is 0. The molecule has 0 aliphatic heterocycles. The first kappa shape index (κ1) is 42.6. The molecular formula is C33H70N2O4. The summed E-state index contributed by atoms with van der Waals surface area (Å²) in [6.07, 6.45) is 3.40. The maximum Gasteiger partial charge on any atom is 0.161 e. The van der Waals surface area contributed by atoms with E-state index in [2.05, 4.69) is 86.0 Å². The number of carbonyl (C=O) groups is 2. The Morgan fingerprint density at radius 1 is 0.667 bits per heavy atom. The lowest BCUT2D eigenvalue weighted by Crippen LogP contribution is -2.38. The van der Waals surface area contributed by atoms with Gasteiger partial charge >= 0.3 is 0 Å². The molecule has 39 heavy (non-hydrogen) atoms. The van der Waals surface area contributed by atoms with Crippen LogP contribution in [0.25, 0.3) is 0 Å². The van der Waals surface area contributed by atoms with E-state index in [-0.39, 0.29) is 36.6 Å². The smallest absolute Gasteiger partial charge is 0.161 e. The quantitative estimate of drug-likeness (QED) is 0.127. The second-order valence-electron chi connectivity index (χ2n) is 13.5. The molecule has 0 aromatic heterocycles. The first-order chi connectivity index (χ1) is 17.9. The summed E-state index contributed by atoms with van der Waals surface area (Å²) >= 11 is 0. The Hall–Kier alpha value is -0.820. The average Bonchev–Trinajstić information content (AvgIpc) is 2.80. The minimum Gasteiger partial charge on any atom is -0.374 e. The van der Waals surface area contributed by atoms with Crippen molar-refractivity contribution in [3.8, 4) is 0 Å². The topological polar surface area (TPSA) is 59.1 Å². The molecule has 0 spiro atoms. The molecule has 0 aliphatic carbocycles. The van der Waals surface area contributed by atoms with Gasteiger partial charge in [0.15, 0.2) is 11.6 Å². The van der Waals surface area contributed by atoms with Crippen LogP contribution in [-0.2, 0) is 19.1 Å². The number of hydrogen-bond acceptors (Lipinski definition) is 6. The Morgan fingerprint density at radius 3 is 1.41 bits per heavy atom. The maximum absolute atomic E-state index is 11.3. The predicted octanol–water partition coefficient (Wildman–Crippen LogP) is 7.73. The number of rotatable bonds is 18. The fraction of sp³-hybridized carbons (Fsp3) is 0.939. The average molecular weight is 559 g/mol. The molecule has 0 heterocycles. The Labute approximate surface area is 244 Å². The van der Waals surface area contributed by atoms with E-state index < -0.39 is 0 Å². The summed E-state index contributed by atoms with van der Waals surface area (Å²) in [5.74, 6) is 1.20. The third-order valence-corrected chi connectivity index (χ3v) is 6.03. The SMILES string of the molecule is CC(C)CCOCC(=O)C(C)C.CCCN(CC(C)(C)C)C(C)C.CCCN(COCC(=O)C(C)C)C(C)C. The van der Waals surface area contributed by atoms with Crippen molar-refractivity contribution in [1.29, 1.82) is 0 Å². The molecule has 0 fully saturated rings.